The number of aromatic nitrogens is 2. The minimum absolute atomic E-state index is 0.0532. The average Bonchev–Trinajstić information content (AvgIpc) is 3.10. The fourth-order valence-corrected chi connectivity index (χ4v) is 4.48. The first-order valence-electron chi connectivity index (χ1n) is 8.80. The van der Waals surface area contributed by atoms with Crippen molar-refractivity contribution in [1.29, 1.82) is 0 Å². The summed E-state index contributed by atoms with van der Waals surface area (Å²) in [5, 5.41) is 11.6. The number of nitrogens with one attached hydrogen (secondary N) is 1. The Bertz CT molecular complexity index is 736. The van der Waals surface area contributed by atoms with E-state index in [1.165, 1.54) is 22.5 Å². The Balaban J connectivity index is 1.45. The Kier molecular flexibility index (Phi) is 6.82. The van der Waals surface area contributed by atoms with Crippen molar-refractivity contribution in [3.63, 3.8) is 0 Å². The molecule has 2 heterocycles. The maximum atomic E-state index is 12.5. The van der Waals surface area contributed by atoms with Crippen molar-refractivity contribution in [3.8, 4) is 0 Å². The predicted molar refractivity (Wildman–Crippen MR) is 109 cm³/mol. The lowest BCUT2D eigenvalue weighted by atomic mass is 9.95. The first-order valence-corrected chi connectivity index (χ1v) is 10.6. The van der Waals surface area contributed by atoms with Gasteiger partial charge < -0.3 is 5.32 Å². The largest absolute Gasteiger partial charge is 0.300 e. The highest BCUT2D eigenvalue weighted by molar-refractivity contribution is 8.01. The molecular weight excluding hydrogens is 364 g/mol. The van der Waals surface area contributed by atoms with Gasteiger partial charge in [-0.25, -0.2) is 0 Å². The van der Waals surface area contributed by atoms with E-state index in [-0.39, 0.29) is 11.8 Å². The third-order valence-corrected chi connectivity index (χ3v) is 6.41. The van der Waals surface area contributed by atoms with Crippen molar-refractivity contribution in [2.24, 2.45) is 5.92 Å². The van der Waals surface area contributed by atoms with Crippen LogP contribution in [0.3, 0.4) is 0 Å². The number of rotatable bonds is 7. The van der Waals surface area contributed by atoms with Gasteiger partial charge in [0.25, 0.3) is 0 Å². The third-order valence-electron chi connectivity index (χ3n) is 4.45. The Morgan fingerprint density at radius 3 is 2.77 bits per heavy atom. The lowest BCUT2D eigenvalue weighted by Crippen LogP contribution is -2.37. The van der Waals surface area contributed by atoms with E-state index in [4.69, 9.17) is 0 Å². The van der Waals surface area contributed by atoms with Crippen LogP contribution in [0.25, 0.3) is 0 Å². The van der Waals surface area contributed by atoms with Gasteiger partial charge in [-0.15, -0.1) is 16.8 Å². The zero-order chi connectivity index (χ0) is 18.4. The Morgan fingerprint density at radius 2 is 2.08 bits per heavy atom. The monoisotopic (exact) mass is 388 g/mol. The molecule has 1 saturated heterocycles. The second-order valence-corrected chi connectivity index (χ2v) is 8.74. The number of hydrogen-bond acceptors (Lipinski definition) is 6. The van der Waals surface area contributed by atoms with Crippen LogP contribution in [0.2, 0.25) is 0 Å². The van der Waals surface area contributed by atoms with Crippen molar-refractivity contribution >= 4 is 34.1 Å². The molecule has 1 aromatic carbocycles. The van der Waals surface area contributed by atoms with Crippen molar-refractivity contribution in [1.82, 2.24) is 15.1 Å². The lowest BCUT2D eigenvalue weighted by Gasteiger charge is -2.31. The van der Waals surface area contributed by atoms with E-state index in [1.807, 2.05) is 6.08 Å². The van der Waals surface area contributed by atoms with Crippen molar-refractivity contribution in [3.05, 3.63) is 48.0 Å². The molecule has 1 N–H and O–H groups in total. The number of piperidine rings is 1. The van der Waals surface area contributed by atoms with Crippen molar-refractivity contribution in [2.45, 2.75) is 30.6 Å². The third kappa shape index (κ3) is 5.40. The van der Waals surface area contributed by atoms with Crippen LogP contribution in [0.5, 0.6) is 0 Å². The SMILES string of the molecule is C=CCSc1nnc(NC(=O)C2CCN(Cc3ccc(C)cc3)CC2)s1. The number of thioether (sulfide) groups is 1. The molecule has 0 bridgehead atoms. The molecule has 0 saturated carbocycles. The van der Waals surface area contributed by atoms with Gasteiger partial charge in [0.05, 0.1) is 0 Å². The summed E-state index contributed by atoms with van der Waals surface area (Å²) < 4.78 is 0.855. The van der Waals surface area contributed by atoms with Crippen LogP contribution in [0.15, 0.2) is 41.3 Å². The van der Waals surface area contributed by atoms with Gasteiger partial charge in [-0.2, -0.15) is 0 Å². The maximum absolute atomic E-state index is 12.5. The van der Waals surface area contributed by atoms with Crippen LogP contribution < -0.4 is 5.32 Å². The van der Waals surface area contributed by atoms with Crippen LogP contribution in [0.4, 0.5) is 5.13 Å². The molecule has 0 atom stereocenters. The zero-order valence-electron chi connectivity index (χ0n) is 15.0. The standard InChI is InChI=1S/C19H24N4OS2/c1-3-12-25-19-22-21-18(26-19)20-17(24)16-8-10-23(11-9-16)13-15-6-4-14(2)5-7-15/h3-7,16H,1,8-13H2,2H3,(H,20,21,24). The quantitative estimate of drug-likeness (QED) is 0.442. The number of carbonyl (C=O) groups is 1. The van der Waals surface area contributed by atoms with Gasteiger partial charge in [0.15, 0.2) is 4.34 Å². The molecule has 3 rings (SSSR count). The number of benzene rings is 1. The van der Waals surface area contributed by atoms with Crippen LogP contribution >= 0.6 is 23.1 Å². The normalized spacial score (nSPS) is 15.7. The number of anilines is 1. The van der Waals surface area contributed by atoms with Gasteiger partial charge in [-0.1, -0.05) is 59.0 Å². The summed E-state index contributed by atoms with van der Waals surface area (Å²) in [5.74, 6) is 0.913. The second-order valence-electron chi connectivity index (χ2n) is 6.50. The second kappa shape index (κ2) is 9.30. The van der Waals surface area contributed by atoms with Gasteiger partial charge in [0.2, 0.25) is 11.0 Å². The molecule has 7 heteroatoms. The molecule has 1 amide bonds. The van der Waals surface area contributed by atoms with Gasteiger partial charge >= 0.3 is 0 Å². The van der Waals surface area contributed by atoms with E-state index in [2.05, 4.69) is 58.2 Å². The topological polar surface area (TPSA) is 58.1 Å². The fraction of sp³-hybridized carbons (Fsp3) is 0.421. The molecule has 26 heavy (non-hydrogen) atoms. The summed E-state index contributed by atoms with van der Waals surface area (Å²) in [6.45, 7) is 8.64. The van der Waals surface area contributed by atoms with E-state index in [0.29, 0.717) is 5.13 Å². The first kappa shape index (κ1) is 19.1. The number of likely N-dealkylation sites (tertiary alicyclic amines) is 1. The minimum Gasteiger partial charge on any atom is -0.300 e. The highest BCUT2D eigenvalue weighted by Gasteiger charge is 2.25. The van der Waals surface area contributed by atoms with Crippen LogP contribution in [-0.2, 0) is 11.3 Å². The summed E-state index contributed by atoms with van der Waals surface area (Å²) in [5.41, 5.74) is 2.61. The molecule has 2 aromatic rings. The Morgan fingerprint density at radius 1 is 1.35 bits per heavy atom. The van der Waals surface area contributed by atoms with E-state index in [0.717, 1.165) is 42.6 Å². The molecule has 1 aromatic heterocycles. The lowest BCUT2D eigenvalue weighted by molar-refractivity contribution is -0.121. The van der Waals surface area contributed by atoms with Crippen molar-refractivity contribution < 1.29 is 4.79 Å². The van der Waals surface area contributed by atoms with Crippen LogP contribution in [0, 0.1) is 12.8 Å². The summed E-state index contributed by atoms with van der Waals surface area (Å²) in [6, 6.07) is 8.68. The van der Waals surface area contributed by atoms with Crippen molar-refractivity contribution in [2.75, 3.05) is 24.2 Å². The van der Waals surface area contributed by atoms with Gasteiger partial charge in [0, 0.05) is 18.2 Å². The molecule has 1 aliphatic rings. The van der Waals surface area contributed by atoms with Crippen LogP contribution in [-0.4, -0.2) is 39.8 Å². The summed E-state index contributed by atoms with van der Waals surface area (Å²) in [7, 11) is 0. The van der Waals surface area contributed by atoms with Crippen LogP contribution in [0.1, 0.15) is 24.0 Å². The summed E-state index contributed by atoms with van der Waals surface area (Å²) in [4.78, 5) is 14.9. The van der Waals surface area contributed by atoms with E-state index in [1.54, 1.807) is 11.8 Å². The minimum atomic E-state index is 0.0532. The molecular formula is C19H24N4OS2. The highest BCUT2D eigenvalue weighted by atomic mass is 32.2. The molecule has 0 spiro atoms. The molecule has 0 radical (unpaired) electrons. The summed E-state index contributed by atoms with van der Waals surface area (Å²) >= 11 is 2.99. The number of amides is 1. The number of hydrogen-bond donors (Lipinski definition) is 1. The van der Waals surface area contributed by atoms with E-state index in [9.17, 15) is 4.79 Å². The Labute approximate surface area is 162 Å². The maximum Gasteiger partial charge on any atom is 0.229 e. The highest BCUT2D eigenvalue weighted by Crippen LogP contribution is 2.27. The number of aryl methyl sites for hydroxylation is 1. The molecule has 5 nitrogen and oxygen atoms in total. The molecule has 0 unspecified atom stereocenters. The van der Waals surface area contributed by atoms with Gasteiger partial charge in [-0.05, 0) is 38.4 Å². The molecule has 138 valence electrons. The zero-order valence-corrected chi connectivity index (χ0v) is 16.6. The number of nitrogens with zero attached hydrogens (tertiary/aromatic N) is 3. The van der Waals surface area contributed by atoms with Gasteiger partial charge in [0.1, 0.15) is 0 Å². The average molecular weight is 389 g/mol. The summed E-state index contributed by atoms with van der Waals surface area (Å²) in [6.07, 6.45) is 3.60. The Hall–Kier alpha value is -1.70. The van der Waals surface area contributed by atoms with Gasteiger partial charge in [-0.3, -0.25) is 9.69 Å². The predicted octanol–water partition coefficient (Wildman–Crippen LogP) is 3.98. The fourth-order valence-electron chi connectivity index (χ4n) is 2.96. The van der Waals surface area contributed by atoms with E-state index < -0.39 is 0 Å². The molecule has 1 fully saturated rings. The smallest absolute Gasteiger partial charge is 0.229 e. The first-order chi connectivity index (χ1) is 12.6. The van der Waals surface area contributed by atoms with E-state index >= 15 is 0 Å². The molecule has 0 aliphatic carbocycles. The number of carbonyl (C=O) groups excluding carboxylic acids is 1. The molecule has 1 aliphatic heterocycles.